The number of esters is 1. The average Bonchev–Trinajstić information content (AvgIpc) is 3.27. The number of nitrogens with zero attached hydrogens (tertiary/aromatic N) is 4. The van der Waals surface area contributed by atoms with Crippen LogP contribution in [0.4, 0.5) is 5.69 Å². The monoisotopic (exact) mass is 477 g/mol. The fourth-order valence-corrected chi connectivity index (χ4v) is 3.92. The maximum atomic E-state index is 12.7. The van der Waals surface area contributed by atoms with E-state index in [0.29, 0.717) is 21.7 Å². The Morgan fingerprint density at radius 3 is 2.36 bits per heavy atom. The third-order valence-corrected chi connectivity index (χ3v) is 5.70. The number of hydrogen-bond donors (Lipinski definition) is 1. The van der Waals surface area contributed by atoms with Crippen LogP contribution in [0.5, 0.6) is 0 Å². The van der Waals surface area contributed by atoms with Gasteiger partial charge in [0.25, 0.3) is 0 Å². The number of para-hydroxylation sites is 2. The van der Waals surface area contributed by atoms with E-state index in [1.165, 1.54) is 0 Å². The van der Waals surface area contributed by atoms with Gasteiger partial charge in [0.1, 0.15) is 0 Å². The van der Waals surface area contributed by atoms with E-state index < -0.39 is 5.97 Å². The van der Waals surface area contributed by atoms with Gasteiger partial charge in [-0.05, 0) is 43.0 Å². The van der Waals surface area contributed by atoms with E-state index in [2.05, 4.69) is 20.7 Å². The van der Waals surface area contributed by atoms with Crippen molar-refractivity contribution in [2.45, 2.75) is 12.1 Å². The molecule has 7 nitrogen and oxygen atoms in total. The molecule has 1 N–H and O–H groups in total. The lowest BCUT2D eigenvalue weighted by atomic mass is 10.2. The van der Waals surface area contributed by atoms with Crippen LogP contribution in [0.2, 0.25) is 5.02 Å². The van der Waals surface area contributed by atoms with Crippen LogP contribution in [0.15, 0.2) is 95.2 Å². The normalized spacial score (nSPS) is 11.3. The Morgan fingerprint density at radius 1 is 1.00 bits per heavy atom. The van der Waals surface area contributed by atoms with Gasteiger partial charge in [0.2, 0.25) is 10.2 Å². The standard InChI is InChI=1S/C24H20ClN5O2S/c1-2-32-23(31)22(28-26-20-16-10-9-15-19(20)25)33-24-29-27-21(17-11-5-3-6-12-17)30(24)18-13-7-4-8-14-18/h3-16,26H,2H2,1H3/b28-22-. The van der Waals surface area contributed by atoms with Crippen LogP contribution >= 0.6 is 23.4 Å². The molecule has 33 heavy (non-hydrogen) atoms. The molecule has 1 heterocycles. The summed E-state index contributed by atoms with van der Waals surface area (Å²) in [6, 6.07) is 26.5. The summed E-state index contributed by atoms with van der Waals surface area (Å²) in [6.07, 6.45) is 0. The number of aromatic nitrogens is 3. The van der Waals surface area contributed by atoms with Gasteiger partial charge >= 0.3 is 5.97 Å². The molecule has 0 radical (unpaired) electrons. The molecule has 0 amide bonds. The van der Waals surface area contributed by atoms with Crippen LogP contribution in [0.1, 0.15) is 6.92 Å². The first-order valence-corrected chi connectivity index (χ1v) is 11.4. The van der Waals surface area contributed by atoms with Crippen molar-refractivity contribution in [2.75, 3.05) is 12.0 Å². The van der Waals surface area contributed by atoms with Gasteiger partial charge in [-0.1, -0.05) is 72.3 Å². The molecule has 0 bridgehead atoms. The Kier molecular flexibility index (Phi) is 7.39. The number of carbonyl (C=O) groups is 1. The Bertz CT molecular complexity index is 1260. The molecule has 0 atom stereocenters. The maximum absolute atomic E-state index is 12.7. The van der Waals surface area contributed by atoms with Crippen molar-refractivity contribution in [1.82, 2.24) is 14.8 Å². The van der Waals surface area contributed by atoms with Crippen molar-refractivity contribution in [2.24, 2.45) is 5.10 Å². The van der Waals surface area contributed by atoms with Crippen LogP contribution in [-0.4, -0.2) is 32.4 Å². The molecule has 0 fully saturated rings. The largest absolute Gasteiger partial charge is 0.461 e. The summed E-state index contributed by atoms with van der Waals surface area (Å²) in [4.78, 5) is 12.7. The van der Waals surface area contributed by atoms with Crippen molar-refractivity contribution < 1.29 is 9.53 Å². The maximum Gasteiger partial charge on any atom is 0.365 e. The molecule has 0 aliphatic heterocycles. The van der Waals surface area contributed by atoms with Crippen LogP contribution in [0, 0.1) is 0 Å². The van der Waals surface area contributed by atoms with Crippen LogP contribution in [0.3, 0.4) is 0 Å². The number of nitrogens with one attached hydrogen (secondary N) is 1. The van der Waals surface area contributed by atoms with Gasteiger partial charge in [0, 0.05) is 11.3 Å². The van der Waals surface area contributed by atoms with Gasteiger partial charge in [0.15, 0.2) is 5.82 Å². The number of halogens is 1. The average molecular weight is 478 g/mol. The number of ether oxygens (including phenoxy) is 1. The highest BCUT2D eigenvalue weighted by atomic mass is 35.5. The lowest BCUT2D eigenvalue weighted by Gasteiger charge is -2.11. The highest BCUT2D eigenvalue weighted by molar-refractivity contribution is 8.15. The van der Waals surface area contributed by atoms with Crippen molar-refractivity contribution in [3.05, 3.63) is 90.0 Å². The number of benzene rings is 3. The van der Waals surface area contributed by atoms with Crippen molar-refractivity contribution >= 4 is 40.1 Å². The zero-order chi connectivity index (χ0) is 23.0. The number of thioether (sulfide) groups is 1. The predicted octanol–water partition coefficient (Wildman–Crippen LogP) is 5.67. The molecular weight excluding hydrogens is 458 g/mol. The summed E-state index contributed by atoms with van der Waals surface area (Å²) in [5.41, 5.74) is 5.16. The summed E-state index contributed by atoms with van der Waals surface area (Å²) in [7, 11) is 0. The molecule has 0 aliphatic rings. The molecule has 3 aromatic carbocycles. The van der Waals surface area contributed by atoms with Gasteiger partial charge in [-0.15, -0.1) is 10.2 Å². The SMILES string of the molecule is CCOC(=O)/C(=N/Nc1ccccc1Cl)Sc1nnc(-c2ccccc2)n1-c1ccccc1. The molecule has 0 saturated heterocycles. The second-order valence-electron chi connectivity index (χ2n) is 6.67. The first-order chi connectivity index (χ1) is 16.2. The number of hydrazone groups is 1. The summed E-state index contributed by atoms with van der Waals surface area (Å²) < 4.78 is 7.09. The Hall–Kier alpha value is -3.62. The van der Waals surface area contributed by atoms with Crippen LogP contribution in [0.25, 0.3) is 17.1 Å². The molecule has 166 valence electrons. The number of hydrogen-bond acceptors (Lipinski definition) is 7. The van der Waals surface area contributed by atoms with Gasteiger partial charge < -0.3 is 4.74 Å². The van der Waals surface area contributed by atoms with E-state index in [9.17, 15) is 4.79 Å². The first kappa shape index (κ1) is 22.6. The first-order valence-electron chi connectivity index (χ1n) is 10.2. The minimum atomic E-state index is -0.578. The highest BCUT2D eigenvalue weighted by Gasteiger charge is 2.22. The molecule has 9 heteroatoms. The molecule has 0 saturated carbocycles. The lowest BCUT2D eigenvalue weighted by Crippen LogP contribution is -2.17. The highest BCUT2D eigenvalue weighted by Crippen LogP contribution is 2.29. The molecule has 0 aliphatic carbocycles. The molecule has 0 spiro atoms. The van der Waals surface area contributed by atoms with Crippen molar-refractivity contribution in [3.63, 3.8) is 0 Å². The van der Waals surface area contributed by atoms with Gasteiger partial charge in [0.05, 0.1) is 17.3 Å². The molecule has 4 aromatic rings. The fourth-order valence-electron chi connectivity index (χ4n) is 2.97. The zero-order valence-electron chi connectivity index (χ0n) is 17.7. The minimum Gasteiger partial charge on any atom is -0.461 e. The number of rotatable bonds is 6. The van der Waals surface area contributed by atoms with E-state index in [-0.39, 0.29) is 11.7 Å². The van der Waals surface area contributed by atoms with Gasteiger partial charge in [-0.2, -0.15) is 5.10 Å². The van der Waals surface area contributed by atoms with Gasteiger partial charge in [-0.25, -0.2) is 4.79 Å². The molecule has 0 unspecified atom stereocenters. The summed E-state index contributed by atoms with van der Waals surface area (Å²) >= 11 is 7.26. The van der Waals surface area contributed by atoms with E-state index in [1.807, 2.05) is 77.4 Å². The van der Waals surface area contributed by atoms with E-state index in [4.69, 9.17) is 16.3 Å². The lowest BCUT2D eigenvalue weighted by molar-refractivity contribution is -0.134. The zero-order valence-corrected chi connectivity index (χ0v) is 19.3. The van der Waals surface area contributed by atoms with E-state index in [0.717, 1.165) is 23.0 Å². The van der Waals surface area contributed by atoms with Crippen LogP contribution < -0.4 is 5.43 Å². The Labute approximate surface area is 200 Å². The Balaban J connectivity index is 1.74. The number of carbonyl (C=O) groups excluding carboxylic acids is 1. The third-order valence-electron chi connectivity index (χ3n) is 4.47. The Morgan fingerprint density at radius 2 is 1.67 bits per heavy atom. The van der Waals surface area contributed by atoms with Crippen molar-refractivity contribution in [3.8, 4) is 17.1 Å². The third kappa shape index (κ3) is 5.42. The second-order valence-corrected chi connectivity index (χ2v) is 8.04. The van der Waals surface area contributed by atoms with E-state index >= 15 is 0 Å². The van der Waals surface area contributed by atoms with Gasteiger partial charge in [-0.3, -0.25) is 9.99 Å². The summed E-state index contributed by atoms with van der Waals surface area (Å²) in [5.74, 6) is 0.0671. The second kappa shape index (κ2) is 10.8. The molecular formula is C24H20ClN5O2S. The minimum absolute atomic E-state index is 0.0703. The quantitative estimate of drug-likeness (QED) is 0.127. The predicted molar refractivity (Wildman–Crippen MR) is 132 cm³/mol. The fraction of sp³-hybridized carbons (Fsp3) is 0.0833. The topological polar surface area (TPSA) is 81.4 Å². The van der Waals surface area contributed by atoms with Crippen LogP contribution in [-0.2, 0) is 9.53 Å². The molecule has 1 aromatic heterocycles. The smallest absolute Gasteiger partial charge is 0.365 e. The molecule has 4 rings (SSSR count). The van der Waals surface area contributed by atoms with E-state index in [1.54, 1.807) is 19.1 Å². The number of anilines is 1. The van der Waals surface area contributed by atoms with Crippen molar-refractivity contribution in [1.29, 1.82) is 0 Å². The summed E-state index contributed by atoms with van der Waals surface area (Å²) in [6.45, 7) is 1.95. The summed E-state index contributed by atoms with van der Waals surface area (Å²) in [5, 5.41) is 14.0.